The summed E-state index contributed by atoms with van der Waals surface area (Å²) in [6, 6.07) is 8.50. The normalized spacial score (nSPS) is 13.3. The van der Waals surface area contributed by atoms with Crippen molar-refractivity contribution in [1.82, 2.24) is 10.2 Å². The number of ether oxygens (including phenoxy) is 1. The molecule has 0 fully saturated rings. The van der Waals surface area contributed by atoms with Gasteiger partial charge in [-0.3, -0.25) is 4.79 Å². The van der Waals surface area contributed by atoms with Gasteiger partial charge in [0, 0.05) is 13.7 Å². The van der Waals surface area contributed by atoms with Crippen LogP contribution < -0.4 is 5.32 Å². The summed E-state index contributed by atoms with van der Waals surface area (Å²) in [6.45, 7) is 6.16. The Labute approximate surface area is 122 Å². The van der Waals surface area contributed by atoms with Gasteiger partial charge in [0.1, 0.15) is 5.60 Å². The van der Waals surface area contributed by atoms with Gasteiger partial charge in [-0.2, -0.15) is 0 Å². The zero-order valence-corrected chi connectivity index (χ0v) is 13.4. The van der Waals surface area contributed by atoms with Crippen LogP contribution in [-0.2, 0) is 9.53 Å². The Bertz CT molecular complexity index is 456. The average molecular weight is 278 g/mol. The number of nitrogens with one attached hydrogen (secondary N) is 1. The third kappa shape index (κ3) is 4.32. The van der Waals surface area contributed by atoms with Crippen molar-refractivity contribution < 1.29 is 9.53 Å². The van der Waals surface area contributed by atoms with Crippen LogP contribution in [0, 0.1) is 6.92 Å². The van der Waals surface area contributed by atoms with Gasteiger partial charge < -0.3 is 15.0 Å². The van der Waals surface area contributed by atoms with Gasteiger partial charge in [0.05, 0.1) is 6.04 Å². The molecule has 0 aromatic heterocycles. The zero-order valence-electron chi connectivity index (χ0n) is 13.4. The number of nitrogens with zero attached hydrogens (tertiary/aromatic N) is 1. The first-order chi connectivity index (χ1) is 9.27. The molecule has 0 heterocycles. The lowest BCUT2D eigenvalue weighted by atomic mass is 10.0. The number of hydrogen-bond acceptors (Lipinski definition) is 3. The van der Waals surface area contributed by atoms with Crippen molar-refractivity contribution in [1.29, 1.82) is 0 Å². The smallest absolute Gasteiger partial charge is 0.251 e. The van der Waals surface area contributed by atoms with E-state index in [1.54, 1.807) is 21.0 Å². The molecule has 4 heteroatoms. The van der Waals surface area contributed by atoms with Crippen molar-refractivity contribution in [3.8, 4) is 0 Å². The van der Waals surface area contributed by atoms with E-state index in [2.05, 4.69) is 35.3 Å². The maximum absolute atomic E-state index is 12.1. The molecule has 0 saturated heterocycles. The Morgan fingerprint density at radius 1 is 1.40 bits per heavy atom. The molecule has 0 aliphatic rings. The van der Waals surface area contributed by atoms with E-state index in [1.807, 2.05) is 20.2 Å². The van der Waals surface area contributed by atoms with Crippen LogP contribution in [0.25, 0.3) is 0 Å². The minimum atomic E-state index is -0.802. The SMILES string of the molecule is COC(C)(C)C(=O)NC[C@@H](c1cccc(C)c1)N(C)C. The van der Waals surface area contributed by atoms with Gasteiger partial charge in [-0.05, 0) is 40.4 Å². The molecule has 4 nitrogen and oxygen atoms in total. The molecule has 20 heavy (non-hydrogen) atoms. The Balaban J connectivity index is 2.77. The number of carbonyl (C=O) groups is 1. The predicted molar refractivity (Wildman–Crippen MR) is 81.7 cm³/mol. The average Bonchev–Trinajstić information content (AvgIpc) is 2.38. The predicted octanol–water partition coefficient (Wildman–Crippen LogP) is 2.14. The van der Waals surface area contributed by atoms with Crippen LogP contribution in [0.15, 0.2) is 24.3 Å². The summed E-state index contributed by atoms with van der Waals surface area (Å²) in [6.07, 6.45) is 0. The minimum absolute atomic E-state index is 0.0977. The highest BCUT2D eigenvalue weighted by Crippen LogP contribution is 2.19. The first kappa shape index (κ1) is 16.7. The maximum Gasteiger partial charge on any atom is 0.251 e. The lowest BCUT2D eigenvalue weighted by Crippen LogP contribution is -2.46. The van der Waals surface area contributed by atoms with Crippen LogP contribution in [0.1, 0.15) is 31.0 Å². The number of likely N-dealkylation sites (N-methyl/N-ethyl adjacent to an activating group) is 1. The summed E-state index contributed by atoms with van der Waals surface area (Å²) < 4.78 is 5.19. The van der Waals surface area contributed by atoms with Gasteiger partial charge in [0.25, 0.3) is 5.91 Å². The molecular formula is C16H26N2O2. The first-order valence-electron chi connectivity index (χ1n) is 6.84. The van der Waals surface area contributed by atoms with Crippen molar-refractivity contribution in [3.05, 3.63) is 35.4 Å². The molecule has 0 spiro atoms. The van der Waals surface area contributed by atoms with Gasteiger partial charge in [-0.25, -0.2) is 0 Å². The summed E-state index contributed by atoms with van der Waals surface area (Å²) in [5.74, 6) is -0.0977. The molecule has 0 radical (unpaired) electrons. The van der Waals surface area contributed by atoms with Crippen molar-refractivity contribution >= 4 is 5.91 Å². The molecule has 0 saturated carbocycles. The standard InChI is InChI=1S/C16H26N2O2/c1-12-8-7-9-13(10-12)14(18(4)5)11-17-15(19)16(2,3)20-6/h7-10,14H,11H2,1-6H3,(H,17,19)/t14-/m0/s1. The van der Waals surface area contributed by atoms with Crippen molar-refractivity contribution in [2.24, 2.45) is 0 Å². The second-order valence-electron chi connectivity index (χ2n) is 5.82. The number of hydrogen-bond donors (Lipinski definition) is 1. The second kappa shape index (κ2) is 6.86. The molecule has 0 aliphatic carbocycles. The van der Waals surface area contributed by atoms with Crippen LogP contribution in [0.5, 0.6) is 0 Å². The molecule has 1 aromatic carbocycles. The summed E-state index contributed by atoms with van der Waals surface area (Å²) in [5.41, 5.74) is 1.62. The molecule has 0 bridgehead atoms. The van der Waals surface area contributed by atoms with Crippen LogP contribution in [0.2, 0.25) is 0 Å². The quantitative estimate of drug-likeness (QED) is 0.867. The highest BCUT2D eigenvalue weighted by atomic mass is 16.5. The van der Waals surface area contributed by atoms with Crippen LogP contribution in [0.3, 0.4) is 0 Å². The van der Waals surface area contributed by atoms with Crippen LogP contribution in [0.4, 0.5) is 0 Å². The fourth-order valence-electron chi connectivity index (χ4n) is 1.97. The van der Waals surface area contributed by atoms with Crippen LogP contribution >= 0.6 is 0 Å². The zero-order chi connectivity index (χ0) is 15.3. The van der Waals surface area contributed by atoms with Gasteiger partial charge in [-0.15, -0.1) is 0 Å². The van der Waals surface area contributed by atoms with Crippen LogP contribution in [-0.4, -0.2) is 44.2 Å². The fraction of sp³-hybridized carbons (Fsp3) is 0.562. The minimum Gasteiger partial charge on any atom is -0.369 e. The second-order valence-corrected chi connectivity index (χ2v) is 5.82. The number of methoxy groups -OCH3 is 1. The van der Waals surface area contributed by atoms with Gasteiger partial charge in [0.2, 0.25) is 0 Å². The fourth-order valence-corrected chi connectivity index (χ4v) is 1.97. The third-order valence-electron chi connectivity index (χ3n) is 3.56. The summed E-state index contributed by atoms with van der Waals surface area (Å²) in [4.78, 5) is 14.2. The van der Waals surface area contributed by atoms with Crippen molar-refractivity contribution in [3.63, 3.8) is 0 Å². The van der Waals surface area contributed by atoms with E-state index in [-0.39, 0.29) is 11.9 Å². The third-order valence-corrected chi connectivity index (χ3v) is 3.56. The molecule has 112 valence electrons. The number of amides is 1. The van der Waals surface area contributed by atoms with Crippen molar-refractivity contribution in [2.45, 2.75) is 32.4 Å². The molecule has 1 amide bonds. The number of rotatable bonds is 6. The molecular weight excluding hydrogens is 252 g/mol. The number of aryl methyl sites for hydroxylation is 1. The Hall–Kier alpha value is -1.39. The largest absolute Gasteiger partial charge is 0.369 e. The molecule has 1 rings (SSSR count). The summed E-state index contributed by atoms with van der Waals surface area (Å²) in [7, 11) is 5.57. The van der Waals surface area contributed by atoms with Gasteiger partial charge >= 0.3 is 0 Å². The first-order valence-corrected chi connectivity index (χ1v) is 6.84. The van der Waals surface area contributed by atoms with E-state index in [0.717, 1.165) is 0 Å². The lowest BCUT2D eigenvalue weighted by molar-refractivity contribution is -0.139. The van der Waals surface area contributed by atoms with E-state index in [1.165, 1.54) is 11.1 Å². The molecule has 1 N–H and O–H groups in total. The molecule has 1 aromatic rings. The molecule has 0 aliphatic heterocycles. The topological polar surface area (TPSA) is 41.6 Å². The van der Waals surface area contributed by atoms with E-state index in [4.69, 9.17) is 4.74 Å². The van der Waals surface area contributed by atoms with Crippen molar-refractivity contribution in [2.75, 3.05) is 27.7 Å². The lowest BCUT2D eigenvalue weighted by Gasteiger charge is -2.28. The molecule has 1 atom stereocenters. The van der Waals surface area contributed by atoms with E-state index >= 15 is 0 Å². The summed E-state index contributed by atoms with van der Waals surface area (Å²) >= 11 is 0. The highest BCUT2D eigenvalue weighted by molar-refractivity contribution is 5.84. The highest BCUT2D eigenvalue weighted by Gasteiger charge is 2.27. The Morgan fingerprint density at radius 3 is 2.55 bits per heavy atom. The van der Waals surface area contributed by atoms with E-state index < -0.39 is 5.60 Å². The number of benzene rings is 1. The monoisotopic (exact) mass is 278 g/mol. The maximum atomic E-state index is 12.1. The van der Waals surface area contributed by atoms with Gasteiger partial charge in [0.15, 0.2) is 0 Å². The molecule has 0 unspecified atom stereocenters. The van der Waals surface area contributed by atoms with E-state index in [9.17, 15) is 4.79 Å². The van der Waals surface area contributed by atoms with E-state index in [0.29, 0.717) is 6.54 Å². The Morgan fingerprint density at radius 2 is 2.05 bits per heavy atom. The Kier molecular flexibility index (Phi) is 5.72. The van der Waals surface area contributed by atoms with Gasteiger partial charge in [-0.1, -0.05) is 29.8 Å². The number of carbonyl (C=O) groups excluding carboxylic acids is 1. The summed E-state index contributed by atoms with van der Waals surface area (Å²) in [5, 5.41) is 2.97.